The van der Waals surface area contributed by atoms with Gasteiger partial charge >= 0.3 is 0 Å². The van der Waals surface area contributed by atoms with E-state index in [9.17, 15) is 9.90 Å². The van der Waals surface area contributed by atoms with Gasteiger partial charge in [-0.1, -0.05) is 48.3 Å². The van der Waals surface area contributed by atoms with E-state index in [2.05, 4.69) is 15.5 Å². The Hall–Kier alpha value is -3.00. The number of nitrogens with zero attached hydrogens (tertiary/aromatic N) is 5. The molecule has 2 heterocycles. The van der Waals surface area contributed by atoms with E-state index in [0.717, 1.165) is 41.8 Å². The van der Waals surface area contributed by atoms with Crippen LogP contribution in [0.15, 0.2) is 47.2 Å². The number of benzene rings is 1. The van der Waals surface area contributed by atoms with Gasteiger partial charge in [0.1, 0.15) is 6.73 Å². The van der Waals surface area contributed by atoms with Crippen LogP contribution in [0.25, 0.3) is 11.3 Å². The topological polar surface area (TPSA) is 97.3 Å². The number of rotatable bonds is 5. The molecule has 0 atom stereocenters. The Labute approximate surface area is 150 Å². The number of hydrogen-bond acceptors (Lipinski definition) is 6. The number of aliphatic hydroxyl groups is 1. The second kappa shape index (κ2) is 7.09. The van der Waals surface area contributed by atoms with Gasteiger partial charge in [0, 0.05) is 11.1 Å². The van der Waals surface area contributed by atoms with Crippen LogP contribution in [0.1, 0.15) is 47.7 Å². The van der Waals surface area contributed by atoms with Gasteiger partial charge < -0.3 is 9.63 Å². The summed E-state index contributed by atoms with van der Waals surface area (Å²) in [7, 11) is 0. The van der Waals surface area contributed by atoms with E-state index in [4.69, 9.17) is 4.52 Å². The molecule has 0 saturated heterocycles. The van der Waals surface area contributed by atoms with Gasteiger partial charge in [-0.25, -0.2) is 5.01 Å². The van der Waals surface area contributed by atoms with E-state index < -0.39 is 12.6 Å². The molecule has 0 spiro atoms. The van der Waals surface area contributed by atoms with Gasteiger partial charge in [0.15, 0.2) is 11.5 Å². The first-order valence-electron chi connectivity index (χ1n) is 8.64. The fourth-order valence-corrected chi connectivity index (χ4v) is 3.52. The summed E-state index contributed by atoms with van der Waals surface area (Å²) >= 11 is 0. The summed E-state index contributed by atoms with van der Waals surface area (Å²) < 4.78 is 5.60. The van der Waals surface area contributed by atoms with Gasteiger partial charge in [-0.3, -0.25) is 4.79 Å². The molecular weight excluding hydrogens is 334 g/mol. The Balaban J connectivity index is 1.78. The van der Waals surface area contributed by atoms with Gasteiger partial charge in [0.05, 0.1) is 12.4 Å². The molecule has 3 aromatic rings. The Kier molecular flexibility index (Phi) is 4.49. The first-order valence-corrected chi connectivity index (χ1v) is 8.64. The Morgan fingerprint density at radius 3 is 2.69 bits per heavy atom. The minimum absolute atomic E-state index is 0.215. The summed E-state index contributed by atoms with van der Waals surface area (Å²) in [5.74, 6) is 0.370. The van der Waals surface area contributed by atoms with Crippen molar-refractivity contribution in [2.75, 3.05) is 11.7 Å². The van der Waals surface area contributed by atoms with Crippen molar-refractivity contribution in [3.8, 4) is 11.3 Å². The smallest absolute Gasteiger partial charge is 0.298 e. The molecule has 134 valence electrons. The first-order chi connectivity index (χ1) is 12.8. The average molecular weight is 353 g/mol. The summed E-state index contributed by atoms with van der Waals surface area (Å²) in [5.41, 5.74) is 1.93. The minimum Gasteiger partial charge on any atom is -0.374 e. The van der Waals surface area contributed by atoms with Crippen LogP contribution < -0.4 is 5.01 Å². The number of hydrogen-bond donors (Lipinski definition) is 1. The van der Waals surface area contributed by atoms with Crippen molar-refractivity contribution >= 4 is 5.91 Å². The second-order valence-electron chi connectivity index (χ2n) is 6.29. The molecule has 8 nitrogen and oxygen atoms in total. The maximum absolute atomic E-state index is 13.1. The van der Waals surface area contributed by atoms with Gasteiger partial charge in [-0.2, -0.15) is 4.79 Å². The number of amides is 1. The standard InChI is InChI=1S/C18H19N5O3/c24-12-22(23-11-10-19-21-23)18(25)16-15(13-6-4-5-7-13)17(26-20-16)14-8-2-1-3-9-14/h1-3,8-11,13,24H,4-7,12H2. The zero-order chi connectivity index (χ0) is 17.9. The summed E-state index contributed by atoms with van der Waals surface area (Å²) in [4.78, 5) is 14.2. The predicted molar refractivity (Wildman–Crippen MR) is 92.8 cm³/mol. The molecule has 26 heavy (non-hydrogen) atoms. The number of carbonyl (C=O) groups excluding carboxylic acids is 1. The molecule has 1 aliphatic rings. The lowest BCUT2D eigenvalue weighted by molar-refractivity contribution is 0.0898. The zero-order valence-electron chi connectivity index (χ0n) is 14.2. The van der Waals surface area contributed by atoms with Gasteiger partial charge in [0.25, 0.3) is 5.91 Å². The molecule has 2 aromatic heterocycles. The molecule has 0 aliphatic heterocycles. The highest BCUT2D eigenvalue weighted by Gasteiger charge is 2.33. The average Bonchev–Trinajstić information content (AvgIpc) is 3.43. The van der Waals surface area contributed by atoms with Crippen LogP contribution >= 0.6 is 0 Å². The third-order valence-electron chi connectivity index (χ3n) is 4.76. The molecule has 1 aliphatic carbocycles. The summed E-state index contributed by atoms with van der Waals surface area (Å²) in [6, 6.07) is 9.66. The predicted octanol–water partition coefficient (Wildman–Crippen LogP) is 2.32. The molecule has 8 heteroatoms. The molecule has 1 aromatic carbocycles. The van der Waals surface area contributed by atoms with Gasteiger partial charge in [-0.15, -0.1) is 5.10 Å². The quantitative estimate of drug-likeness (QED) is 0.707. The van der Waals surface area contributed by atoms with Gasteiger partial charge in [-0.05, 0) is 24.0 Å². The molecular formula is C18H19N5O3. The fourth-order valence-electron chi connectivity index (χ4n) is 3.52. The van der Waals surface area contributed by atoms with Crippen LogP contribution in [0.5, 0.6) is 0 Å². The monoisotopic (exact) mass is 353 g/mol. The molecule has 4 rings (SSSR count). The number of carbonyl (C=O) groups is 1. The molecule has 1 N–H and O–H groups in total. The Morgan fingerprint density at radius 1 is 1.27 bits per heavy atom. The SMILES string of the molecule is O=C(c1noc(-c2ccccc2)c1C1CCCC1)N(CO)n1ccnn1. The maximum Gasteiger partial charge on any atom is 0.298 e. The van der Waals surface area contributed by atoms with Crippen LogP contribution in [0, 0.1) is 0 Å². The van der Waals surface area contributed by atoms with Crippen molar-refractivity contribution in [1.82, 2.24) is 20.3 Å². The van der Waals surface area contributed by atoms with Crippen LogP contribution in [0.4, 0.5) is 0 Å². The lowest BCUT2D eigenvalue weighted by Crippen LogP contribution is -2.42. The van der Waals surface area contributed by atoms with Gasteiger partial charge in [0.2, 0.25) is 0 Å². The molecule has 0 unspecified atom stereocenters. The molecule has 1 amide bonds. The number of aliphatic hydroxyl groups excluding tert-OH is 1. The molecule has 0 bridgehead atoms. The normalized spacial score (nSPS) is 14.7. The van der Waals surface area contributed by atoms with Crippen LogP contribution in [-0.2, 0) is 0 Å². The first kappa shape index (κ1) is 16.5. The highest BCUT2D eigenvalue weighted by atomic mass is 16.5. The fraction of sp³-hybridized carbons (Fsp3) is 0.333. The van der Waals surface area contributed by atoms with Crippen molar-refractivity contribution < 1.29 is 14.4 Å². The highest BCUT2D eigenvalue weighted by Crippen LogP contribution is 2.41. The third-order valence-corrected chi connectivity index (χ3v) is 4.76. The Morgan fingerprint density at radius 2 is 2.04 bits per heavy atom. The van der Waals surface area contributed by atoms with E-state index in [-0.39, 0.29) is 11.6 Å². The van der Waals surface area contributed by atoms with Crippen LogP contribution in [0.2, 0.25) is 0 Å². The third kappa shape index (κ3) is 2.88. The van der Waals surface area contributed by atoms with Crippen molar-refractivity contribution in [1.29, 1.82) is 0 Å². The van der Waals surface area contributed by atoms with E-state index in [1.54, 1.807) is 0 Å². The summed E-state index contributed by atoms with van der Waals surface area (Å²) in [6.07, 6.45) is 7.14. The lowest BCUT2D eigenvalue weighted by atomic mass is 9.92. The largest absolute Gasteiger partial charge is 0.374 e. The van der Waals surface area contributed by atoms with Crippen molar-refractivity contribution in [3.63, 3.8) is 0 Å². The van der Waals surface area contributed by atoms with Crippen molar-refractivity contribution in [2.24, 2.45) is 0 Å². The summed E-state index contributed by atoms with van der Waals surface area (Å²) in [6.45, 7) is -0.542. The van der Waals surface area contributed by atoms with E-state index in [0.29, 0.717) is 5.76 Å². The van der Waals surface area contributed by atoms with Crippen LogP contribution in [-0.4, -0.2) is 38.0 Å². The lowest BCUT2D eigenvalue weighted by Gasteiger charge is -2.19. The van der Waals surface area contributed by atoms with Crippen molar-refractivity contribution in [3.05, 3.63) is 54.0 Å². The highest BCUT2D eigenvalue weighted by molar-refractivity contribution is 6.02. The van der Waals surface area contributed by atoms with E-state index in [1.807, 2.05) is 30.3 Å². The Bertz CT molecular complexity index is 870. The summed E-state index contributed by atoms with van der Waals surface area (Å²) in [5, 5.41) is 22.3. The maximum atomic E-state index is 13.1. The second-order valence-corrected chi connectivity index (χ2v) is 6.29. The van der Waals surface area contributed by atoms with Crippen LogP contribution in [0.3, 0.4) is 0 Å². The van der Waals surface area contributed by atoms with E-state index >= 15 is 0 Å². The van der Waals surface area contributed by atoms with Crippen molar-refractivity contribution in [2.45, 2.75) is 31.6 Å². The van der Waals surface area contributed by atoms with E-state index in [1.165, 1.54) is 17.2 Å². The zero-order valence-corrected chi connectivity index (χ0v) is 14.2. The number of aromatic nitrogens is 4. The minimum atomic E-state index is -0.542. The molecule has 1 saturated carbocycles. The molecule has 0 radical (unpaired) electrons. The molecule has 1 fully saturated rings.